The number of thiazole rings is 1. The number of carbonyl (C=O) groups is 1. The third kappa shape index (κ3) is 4.55. The Morgan fingerprint density at radius 3 is 2.71 bits per heavy atom. The summed E-state index contributed by atoms with van der Waals surface area (Å²) in [7, 11) is 0. The molecule has 0 atom stereocenters. The van der Waals surface area contributed by atoms with Gasteiger partial charge < -0.3 is 9.47 Å². The number of carbonyl (C=O) groups excluding carboxylic acids is 1. The van der Waals surface area contributed by atoms with Crippen LogP contribution in [0.4, 0.5) is 0 Å². The van der Waals surface area contributed by atoms with Gasteiger partial charge in [-0.1, -0.05) is 40.7 Å². The fraction of sp³-hybridized carbons (Fsp3) is 0.484. The Bertz CT molecular complexity index is 1500. The Hall–Kier alpha value is -3.06. The van der Waals surface area contributed by atoms with Gasteiger partial charge in [0.1, 0.15) is 12.1 Å². The van der Waals surface area contributed by atoms with Gasteiger partial charge in [0.25, 0.3) is 0 Å². The van der Waals surface area contributed by atoms with Gasteiger partial charge in [-0.25, -0.2) is 15.0 Å². The van der Waals surface area contributed by atoms with Gasteiger partial charge in [-0.15, -0.1) is 11.3 Å². The second kappa shape index (κ2) is 9.30. The maximum Gasteiger partial charge on any atom is 0.242 e. The van der Waals surface area contributed by atoms with Crippen molar-refractivity contribution in [2.75, 3.05) is 13.1 Å². The average Bonchev–Trinajstić information content (AvgIpc) is 3.61. The smallest absolute Gasteiger partial charge is 0.242 e. The van der Waals surface area contributed by atoms with Crippen LogP contribution in [0.2, 0.25) is 0 Å². The van der Waals surface area contributed by atoms with E-state index in [0.29, 0.717) is 5.92 Å². The lowest BCUT2D eigenvalue weighted by Gasteiger charge is -2.31. The quantitative estimate of drug-likeness (QED) is 0.305. The van der Waals surface area contributed by atoms with Crippen LogP contribution in [0.5, 0.6) is 0 Å². The third-order valence-corrected chi connectivity index (χ3v) is 9.53. The van der Waals surface area contributed by atoms with Crippen LogP contribution in [-0.4, -0.2) is 43.4 Å². The highest BCUT2D eigenvalue weighted by Gasteiger charge is 2.34. The fourth-order valence-electron chi connectivity index (χ4n) is 6.01. The number of hydrogen-bond donors (Lipinski definition) is 0. The van der Waals surface area contributed by atoms with Crippen molar-refractivity contribution in [3.63, 3.8) is 0 Å². The van der Waals surface area contributed by atoms with E-state index in [9.17, 15) is 4.79 Å². The zero-order valence-electron chi connectivity index (χ0n) is 23.1. The standard InChI is InChI=1S/C31H37N5OS/c1-30(2,3)21-15-23(22-8-11-31(4,5)24(22)16-21)26-18-38-29(34-26)20-9-13-35(14-10-20)27(37)17-36-19-33-25-7-6-12-32-28(25)36/h6-7,12,15-16,18-20H,8-11,13-14,17H2,1-5H3. The minimum absolute atomic E-state index is 0.0970. The molecule has 2 aliphatic rings. The molecule has 6 nitrogen and oxygen atoms in total. The lowest BCUT2D eigenvalue weighted by Crippen LogP contribution is -2.39. The number of fused-ring (bicyclic) bond motifs is 2. The SMILES string of the molecule is CC(C)(C)c1cc(-c2csc(C3CCN(C(=O)Cn4cnc5cccnc54)CC3)n2)c2c(c1)C(C)(C)CC2. The molecule has 0 spiro atoms. The maximum atomic E-state index is 13.1. The summed E-state index contributed by atoms with van der Waals surface area (Å²) in [6.07, 6.45) is 7.68. The predicted octanol–water partition coefficient (Wildman–Crippen LogP) is 6.48. The van der Waals surface area contributed by atoms with Crippen LogP contribution in [0.3, 0.4) is 0 Å². The molecule has 1 amide bonds. The van der Waals surface area contributed by atoms with Crippen molar-refractivity contribution in [2.24, 2.45) is 0 Å². The van der Waals surface area contributed by atoms with E-state index >= 15 is 0 Å². The van der Waals surface area contributed by atoms with Crippen LogP contribution in [0.15, 0.2) is 42.2 Å². The van der Waals surface area contributed by atoms with Gasteiger partial charge in [0.2, 0.25) is 5.91 Å². The van der Waals surface area contributed by atoms with Crippen molar-refractivity contribution >= 4 is 28.4 Å². The first-order valence-corrected chi connectivity index (χ1v) is 14.7. The number of piperidine rings is 1. The molecule has 38 heavy (non-hydrogen) atoms. The van der Waals surface area contributed by atoms with Crippen molar-refractivity contribution < 1.29 is 4.79 Å². The zero-order valence-corrected chi connectivity index (χ0v) is 23.9. The van der Waals surface area contributed by atoms with Crippen molar-refractivity contribution in [2.45, 2.75) is 83.6 Å². The first-order chi connectivity index (χ1) is 18.1. The number of imidazole rings is 1. The molecular weight excluding hydrogens is 490 g/mol. The van der Waals surface area contributed by atoms with Crippen LogP contribution in [-0.2, 0) is 28.6 Å². The van der Waals surface area contributed by atoms with E-state index < -0.39 is 0 Å². The van der Waals surface area contributed by atoms with Gasteiger partial charge in [0.15, 0.2) is 5.65 Å². The molecule has 0 N–H and O–H groups in total. The van der Waals surface area contributed by atoms with Crippen molar-refractivity contribution in [1.29, 1.82) is 0 Å². The highest BCUT2D eigenvalue weighted by molar-refractivity contribution is 7.10. The highest BCUT2D eigenvalue weighted by atomic mass is 32.1. The molecule has 1 aromatic carbocycles. The average molecular weight is 528 g/mol. The molecule has 4 heterocycles. The minimum atomic E-state index is 0.0970. The van der Waals surface area contributed by atoms with Crippen LogP contribution < -0.4 is 0 Å². The molecule has 3 aromatic heterocycles. The lowest BCUT2D eigenvalue weighted by molar-refractivity contribution is -0.132. The van der Waals surface area contributed by atoms with E-state index in [1.165, 1.54) is 33.7 Å². The second-order valence-corrected chi connectivity index (χ2v) is 13.5. The molecule has 0 saturated carbocycles. The topological polar surface area (TPSA) is 63.9 Å². The van der Waals surface area contributed by atoms with Gasteiger partial charge in [-0.2, -0.15) is 0 Å². The van der Waals surface area contributed by atoms with E-state index in [2.05, 4.69) is 62.1 Å². The van der Waals surface area contributed by atoms with Gasteiger partial charge in [-0.3, -0.25) is 4.79 Å². The summed E-state index contributed by atoms with van der Waals surface area (Å²) in [4.78, 5) is 29.0. The van der Waals surface area contributed by atoms with Gasteiger partial charge in [0.05, 0.1) is 17.0 Å². The molecule has 4 aromatic rings. The summed E-state index contributed by atoms with van der Waals surface area (Å²) in [5, 5.41) is 3.47. The molecule has 0 radical (unpaired) electrons. The number of likely N-dealkylation sites (tertiary alicyclic amines) is 1. The highest BCUT2D eigenvalue weighted by Crippen LogP contribution is 2.45. The van der Waals surface area contributed by atoms with Crippen molar-refractivity contribution in [3.05, 3.63) is 63.9 Å². The predicted molar refractivity (Wildman–Crippen MR) is 154 cm³/mol. The van der Waals surface area contributed by atoms with Crippen LogP contribution >= 0.6 is 11.3 Å². The number of amides is 1. The summed E-state index contributed by atoms with van der Waals surface area (Å²) >= 11 is 1.79. The normalized spacial score (nSPS) is 17.8. The fourth-order valence-corrected chi connectivity index (χ4v) is 7.00. The summed E-state index contributed by atoms with van der Waals surface area (Å²) in [5.74, 6) is 0.536. The summed E-state index contributed by atoms with van der Waals surface area (Å²) < 4.78 is 1.85. The monoisotopic (exact) mass is 527 g/mol. The number of pyridine rings is 1. The molecule has 0 unspecified atom stereocenters. The van der Waals surface area contributed by atoms with E-state index in [-0.39, 0.29) is 23.3 Å². The van der Waals surface area contributed by atoms with Gasteiger partial charge in [-0.05, 0) is 71.4 Å². The Morgan fingerprint density at radius 2 is 1.95 bits per heavy atom. The van der Waals surface area contributed by atoms with E-state index in [4.69, 9.17) is 4.98 Å². The van der Waals surface area contributed by atoms with Gasteiger partial charge >= 0.3 is 0 Å². The second-order valence-electron chi connectivity index (χ2n) is 12.6. The molecule has 1 aliphatic carbocycles. The largest absolute Gasteiger partial charge is 0.341 e. The van der Waals surface area contributed by atoms with Crippen molar-refractivity contribution in [1.82, 2.24) is 24.4 Å². The molecule has 1 aliphatic heterocycles. The van der Waals surface area contributed by atoms with Crippen LogP contribution in [0, 0.1) is 0 Å². The zero-order chi connectivity index (χ0) is 26.7. The number of nitrogens with zero attached hydrogens (tertiary/aromatic N) is 5. The molecule has 198 valence electrons. The first-order valence-electron chi connectivity index (χ1n) is 13.8. The first kappa shape index (κ1) is 25.2. The Labute approximate surface area is 229 Å². The van der Waals surface area contributed by atoms with Crippen molar-refractivity contribution in [3.8, 4) is 11.3 Å². The Morgan fingerprint density at radius 1 is 1.16 bits per heavy atom. The van der Waals surface area contributed by atoms with E-state index in [0.717, 1.165) is 49.2 Å². The third-order valence-electron chi connectivity index (χ3n) is 8.52. The number of benzene rings is 1. The molecule has 6 rings (SSSR count). The molecule has 1 saturated heterocycles. The Balaban J connectivity index is 1.17. The number of rotatable bonds is 4. The number of aromatic nitrogens is 4. The molecule has 1 fully saturated rings. The van der Waals surface area contributed by atoms with Crippen LogP contribution in [0.1, 0.15) is 81.5 Å². The molecular formula is C31H37N5OS. The number of hydrogen-bond acceptors (Lipinski definition) is 5. The summed E-state index contributed by atoms with van der Waals surface area (Å²) in [5.41, 5.74) is 8.73. The molecule has 0 bridgehead atoms. The van der Waals surface area contributed by atoms with Gasteiger partial charge in [0, 0.05) is 36.1 Å². The molecule has 7 heteroatoms. The van der Waals surface area contributed by atoms with E-state index in [1.807, 2.05) is 21.6 Å². The van der Waals surface area contributed by atoms with E-state index in [1.54, 1.807) is 23.9 Å². The Kier molecular flexibility index (Phi) is 6.17. The maximum absolute atomic E-state index is 13.1. The lowest BCUT2D eigenvalue weighted by atomic mass is 9.79. The summed E-state index contributed by atoms with van der Waals surface area (Å²) in [6, 6.07) is 8.64. The van der Waals surface area contributed by atoms with Crippen LogP contribution in [0.25, 0.3) is 22.4 Å². The minimum Gasteiger partial charge on any atom is -0.341 e. The summed E-state index contributed by atoms with van der Waals surface area (Å²) in [6.45, 7) is 13.5.